The van der Waals surface area contributed by atoms with Crippen LogP contribution in [0.5, 0.6) is 11.5 Å². The molecule has 0 fully saturated rings. The lowest BCUT2D eigenvalue weighted by Crippen LogP contribution is -2.46. The number of nitrogens with one attached hydrogen (secondary N) is 1. The van der Waals surface area contributed by atoms with Crippen molar-refractivity contribution in [2.75, 3.05) is 13.2 Å². The van der Waals surface area contributed by atoms with Crippen LogP contribution in [-0.4, -0.2) is 34.3 Å². The first-order valence-electron chi connectivity index (χ1n) is 11.1. The number of carbonyl (C=O) groups excluding carboxylic acids is 1. The van der Waals surface area contributed by atoms with Gasteiger partial charge >= 0.3 is 11.1 Å². The number of carbonyl (C=O) groups is 1. The van der Waals surface area contributed by atoms with Crippen LogP contribution in [0.2, 0.25) is 5.02 Å². The van der Waals surface area contributed by atoms with Gasteiger partial charge in [0.05, 0.1) is 24.1 Å². The molecule has 0 unspecified atom stereocenters. The standard InChI is InChI=1S/C26H22ClN3O5/c27-18-10-11-20-21(12-18)30(26(33)25(32)29(20)14-17-6-2-1-3-7-17)15-24(31)28-13-19-16-34-22-8-4-5-9-23(22)35-19/h1-12,19H,13-16H2,(H,28,31)/t19-/m1/s1. The van der Waals surface area contributed by atoms with Gasteiger partial charge in [0, 0.05) is 5.02 Å². The smallest absolute Gasteiger partial charge is 0.317 e. The van der Waals surface area contributed by atoms with E-state index >= 15 is 0 Å². The Labute approximate surface area is 205 Å². The summed E-state index contributed by atoms with van der Waals surface area (Å²) in [7, 11) is 0. The number of halogens is 1. The van der Waals surface area contributed by atoms with Gasteiger partial charge in [-0.25, -0.2) is 0 Å². The highest BCUT2D eigenvalue weighted by atomic mass is 35.5. The molecule has 0 radical (unpaired) electrons. The number of para-hydroxylation sites is 2. The van der Waals surface area contributed by atoms with E-state index in [4.69, 9.17) is 21.1 Å². The summed E-state index contributed by atoms with van der Waals surface area (Å²) in [4.78, 5) is 38.8. The van der Waals surface area contributed by atoms with Crippen LogP contribution in [-0.2, 0) is 17.9 Å². The van der Waals surface area contributed by atoms with Crippen LogP contribution in [0.1, 0.15) is 5.56 Å². The predicted molar refractivity (Wildman–Crippen MR) is 132 cm³/mol. The second kappa shape index (κ2) is 9.68. The maximum Gasteiger partial charge on any atom is 0.317 e. The van der Waals surface area contributed by atoms with E-state index in [1.165, 1.54) is 4.57 Å². The van der Waals surface area contributed by atoms with Crippen LogP contribution in [0.15, 0.2) is 82.4 Å². The van der Waals surface area contributed by atoms with E-state index in [0.717, 1.165) is 10.1 Å². The van der Waals surface area contributed by atoms with Gasteiger partial charge < -0.3 is 14.8 Å². The van der Waals surface area contributed by atoms with Crippen molar-refractivity contribution >= 4 is 28.5 Å². The van der Waals surface area contributed by atoms with E-state index in [1.54, 1.807) is 24.3 Å². The minimum atomic E-state index is -0.794. The molecule has 1 aromatic heterocycles. The molecule has 0 spiro atoms. The van der Waals surface area contributed by atoms with Gasteiger partial charge in [-0.3, -0.25) is 23.5 Å². The van der Waals surface area contributed by atoms with Crippen molar-refractivity contribution in [3.8, 4) is 11.5 Å². The molecule has 3 aromatic carbocycles. The molecule has 1 aliphatic heterocycles. The van der Waals surface area contributed by atoms with Crippen LogP contribution < -0.4 is 25.9 Å². The average molecular weight is 492 g/mol. The molecule has 8 nitrogen and oxygen atoms in total. The average Bonchev–Trinajstić information content (AvgIpc) is 2.88. The third kappa shape index (κ3) is 4.79. The molecule has 35 heavy (non-hydrogen) atoms. The molecule has 0 aliphatic carbocycles. The van der Waals surface area contributed by atoms with Crippen LogP contribution >= 0.6 is 11.6 Å². The summed E-state index contributed by atoms with van der Waals surface area (Å²) in [5.74, 6) is 0.828. The number of aromatic nitrogens is 2. The fourth-order valence-electron chi connectivity index (χ4n) is 4.06. The van der Waals surface area contributed by atoms with Gasteiger partial charge in [0.25, 0.3) is 0 Å². The lowest BCUT2D eigenvalue weighted by molar-refractivity contribution is -0.122. The zero-order chi connectivity index (χ0) is 24.4. The fraction of sp³-hybridized carbons (Fsp3) is 0.192. The Balaban J connectivity index is 1.38. The van der Waals surface area contributed by atoms with Gasteiger partial charge in [-0.15, -0.1) is 0 Å². The molecule has 0 saturated carbocycles. The molecule has 178 valence electrons. The molecule has 4 aromatic rings. The van der Waals surface area contributed by atoms with Gasteiger partial charge in [-0.05, 0) is 35.9 Å². The van der Waals surface area contributed by atoms with Crippen molar-refractivity contribution in [1.29, 1.82) is 0 Å². The zero-order valence-corrected chi connectivity index (χ0v) is 19.4. The molecular weight excluding hydrogens is 470 g/mol. The maximum atomic E-state index is 13.0. The van der Waals surface area contributed by atoms with Gasteiger partial charge in [0.2, 0.25) is 5.91 Å². The Morgan fingerprint density at radius 1 is 0.914 bits per heavy atom. The lowest BCUT2D eigenvalue weighted by atomic mass is 10.2. The van der Waals surface area contributed by atoms with Gasteiger partial charge in [0.1, 0.15) is 19.3 Å². The van der Waals surface area contributed by atoms with Crippen molar-refractivity contribution in [2.45, 2.75) is 19.2 Å². The number of nitrogens with zero attached hydrogens (tertiary/aromatic N) is 2. The van der Waals surface area contributed by atoms with Crippen molar-refractivity contribution in [2.24, 2.45) is 0 Å². The third-order valence-corrected chi connectivity index (χ3v) is 6.01. The Morgan fingerprint density at radius 2 is 1.63 bits per heavy atom. The molecule has 0 bridgehead atoms. The van der Waals surface area contributed by atoms with Crippen LogP contribution in [0.25, 0.3) is 11.0 Å². The highest BCUT2D eigenvalue weighted by molar-refractivity contribution is 6.31. The lowest BCUT2D eigenvalue weighted by Gasteiger charge is -2.26. The Morgan fingerprint density at radius 3 is 2.43 bits per heavy atom. The summed E-state index contributed by atoms with van der Waals surface area (Å²) in [6.45, 7) is 0.360. The van der Waals surface area contributed by atoms with Crippen molar-refractivity contribution < 1.29 is 14.3 Å². The van der Waals surface area contributed by atoms with E-state index in [0.29, 0.717) is 27.6 Å². The molecule has 5 rings (SSSR count). The molecule has 2 heterocycles. The first kappa shape index (κ1) is 22.7. The van der Waals surface area contributed by atoms with E-state index < -0.39 is 17.0 Å². The number of fused-ring (bicyclic) bond motifs is 2. The molecule has 1 aliphatic rings. The number of hydrogen-bond donors (Lipinski definition) is 1. The minimum absolute atomic E-state index is 0.186. The van der Waals surface area contributed by atoms with Crippen LogP contribution in [0.3, 0.4) is 0 Å². The topological polar surface area (TPSA) is 91.6 Å². The van der Waals surface area contributed by atoms with Crippen LogP contribution in [0, 0.1) is 0 Å². The number of ether oxygens (including phenoxy) is 2. The normalized spacial score (nSPS) is 14.6. The highest BCUT2D eigenvalue weighted by Gasteiger charge is 2.22. The predicted octanol–water partition coefficient (Wildman–Crippen LogP) is 2.82. The summed E-state index contributed by atoms with van der Waals surface area (Å²) < 4.78 is 14.1. The largest absolute Gasteiger partial charge is 0.486 e. The summed E-state index contributed by atoms with van der Waals surface area (Å²) in [6.07, 6.45) is -0.379. The third-order valence-electron chi connectivity index (χ3n) is 5.77. The summed E-state index contributed by atoms with van der Waals surface area (Å²) in [5.41, 5.74) is 0.279. The second-order valence-electron chi connectivity index (χ2n) is 8.20. The number of rotatable bonds is 6. The molecule has 0 saturated heterocycles. The molecule has 1 amide bonds. The second-order valence-corrected chi connectivity index (χ2v) is 8.64. The quantitative estimate of drug-likeness (QED) is 0.419. The van der Waals surface area contributed by atoms with E-state index in [1.807, 2.05) is 48.5 Å². The summed E-state index contributed by atoms with van der Waals surface area (Å²) >= 11 is 6.20. The minimum Gasteiger partial charge on any atom is -0.486 e. The van der Waals surface area contributed by atoms with E-state index in [-0.39, 0.29) is 32.3 Å². The summed E-state index contributed by atoms with van der Waals surface area (Å²) in [5, 5.41) is 3.16. The molecule has 9 heteroatoms. The van der Waals surface area contributed by atoms with Crippen molar-refractivity contribution in [3.63, 3.8) is 0 Å². The van der Waals surface area contributed by atoms with Gasteiger partial charge in [-0.2, -0.15) is 0 Å². The van der Waals surface area contributed by atoms with Crippen LogP contribution in [0.4, 0.5) is 0 Å². The van der Waals surface area contributed by atoms with Gasteiger partial charge in [0.15, 0.2) is 11.5 Å². The Kier molecular flexibility index (Phi) is 6.29. The summed E-state index contributed by atoms with van der Waals surface area (Å²) in [6, 6.07) is 21.6. The monoisotopic (exact) mass is 491 g/mol. The van der Waals surface area contributed by atoms with Crippen molar-refractivity contribution in [3.05, 3.63) is 104 Å². The van der Waals surface area contributed by atoms with Crippen molar-refractivity contribution in [1.82, 2.24) is 14.5 Å². The highest BCUT2D eigenvalue weighted by Crippen LogP contribution is 2.30. The van der Waals surface area contributed by atoms with E-state index in [9.17, 15) is 14.4 Å². The number of hydrogen-bond acceptors (Lipinski definition) is 5. The zero-order valence-electron chi connectivity index (χ0n) is 18.6. The number of amides is 1. The number of benzene rings is 3. The first-order valence-corrected chi connectivity index (χ1v) is 11.5. The van der Waals surface area contributed by atoms with Gasteiger partial charge in [-0.1, -0.05) is 54.1 Å². The maximum absolute atomic E-state index is 13.0. The Hall–Kier alpha value is -4.04. The van der Waals surface area contributed by atoms with E-state index in [2.05, 4.69) is 5.32 Å². The molecule has 1 atom stereocenters. The first-order chi connectivity index (χ1) is 17.0. The SMILES string of the molecule is O=C(Cn1c(=O)c(=O)n(Cc2ccccc2)c2ccc(Cl)cc21)NC[C@@H]1COc2ccccc2O1. The fourth-order valence-corrected chi connectivity index (χ4v) is 4.23. The Bertz CT molecular complexity index is 1510. The molecule has 1 N–H and O–H groups in total. The molecular formula is C26H22ClN3O5.